The van der Waals surface area contributed by atoms with E-state index in [1.807, 2.05) is 44.7 Å². The third kappa shape index (κ3) is 3.71. The highest BCUT2D eigenvalue weighted by Crippen LogP contribution is 2.37. The maximum Gasteiger partial charge on any atom is 0.496 e. The first-order valence-electron chi connectivity index (χ1n) is 13.2. The molecule has 2 unspecified atom stereocenters. The summed E-state index contributed by atoms with van der Waals surface area (Å²) in [6, 6.07) is 6.94. The van der Waals surface area contributed by atoms with Gasteiger partial charge in [0.05, 0.1) is 22.4 Å². The fraction of sp³-hybridized carbons (Fsp3) is 0.565. The average Bonchev–Trinajstić information content (AvgIpc) is 2.99. The highest BCUT2D eigenvalue weighted by Gasteiger charge is 2.52. The molecule has 0 spiro atoms. The highest BCUT2D eigenvalue weighted by molar-refractivity contribution is 6.62. The standard InChI is InChI=1S/C23H31BN4O3/c1-22(2)23(3,4)31-24(30-22)17-7-8-20(25-12-17)27-14-18-10-19(15-27)28(18)13-16-6-9-21(29-5)26-11-16/h6-9,11-12,18-19H,10,13-15H2,1-5H3/i5D3,13D2. The van der Waals surface area contributed by atoms with Crippen molar-refractivity contribution in [3.8, 4) is 5.88 Å². The van der Waals surface area contributed by atoms with E-state index in [9.17, 15) is 0 Å². The maximum absolute atomic E-state index is 8.77. The molecule has 4 aliphatic rings. The Morgan fingerprint density at radius 2 is 1.84 bits per heavy atom. The molecule has 4 fully saturated rings. The average molecular weight is 427 g/mol. The van der Waals surface area contributed by atoms with Crippen LogP contribution < -0.4 is 15.1 Å². The predicted molar refractivity (Wildman–Crippen MR) is 121 cm³/mol. The molecule has 2 bridgehead atoms. The Morgan fingerprint density at radius 3 is 2.42 bits per heavy atom. The minimum absolute atomic E-state index is 0.0293. The van der Waals surface area contributed by atoms with E-state index in [-0.39, 0.29) is 18.0 Å². The van der Waals surface area contributed by atoms with Gasteiger partial charge in [0.25, 0.3) is 0 Å². The molecule has 2 aromatic rings. The van der Waals surface area contributed by atoms with E-state index in [0.29, 0.717) is 18.7 Å². The van der Waals surface area contributed by atoms with Crippen molar-refractivity contribution in [2.45, 2.75) is 63.9 Å². The Labute approximate surface area is 191 Å². The van der Waals surface area contributed by atoms with Gasteiger partial charge in [-0.2, -0.15) is 0 Å². The van der Waals surface area contributed by atoms with E-state index in [2.05, 4.69) is 14.9 Å². The molecule has 0 radical (unpaired) electrons. The third-order valence-electron chi connectivity index (χ3n) is 6.91. The van der Waals surface area contributed by atoms with E-state index in [4.69, 9.17) is 20.9 Å². The number of piperidine rings is 1. The molecule has 4 saturated heterocycles. The van der Waals surface area contributed by atoms with Crippen LogP contribution >= 0.6 is 0 Å². The van der Waals surface area contributed by atoms with Gasteiger partial charge >= 0.3 is 7.12 Å². The van der Waals surface area contributed by atoms with E-state index in [0.717, 1.165) is 17.7 Å². The lowest BCUT2D eigenvalue weighted by atomic mass is 9.80. The Morgan fingerprint density at radius 1 is 1.10 bits per heavy atom. The Hall–Kier alpha value is -2.16. The minimum Gasteiger partial charge on any atom is -0.481 e. The van der Waals surface area contributed by atoms with Crippen molar-refractivity contribution in [2.24, 2.45) is 0 Å². The molecule has 0 aromatic carbocycles. The van der Waals surface area contributed by atoms with Crippen LogP contribution in [0, 0.1) is 0 Å². The van der Waals surface area contributed by atoms with Crippen LogP contribution in [0.2, 0.25) is 0 Å². The number of hydrogen-bond donors (Lipinski definition) is 0. The zero-order chi connectivity index (χ0) is 26.1. The lowest BCUT2D eigenvalue weighted by Crippen LogP contribution is -2.68. The number of aromatic nitrogens is 2. The number of anilines is 1. The molecule has 164 valence electrons. The quantitative estimate of drug-likeness (QED) is 0.679. The molecule has 4 aliphatic heterocycles. The number of hydrogen-bond acceptors (Lipinski definition) is 7. The second kappa shape index (κ2) is 7.47. The molecule has 2 atom stereocenters. The van der Waals surface area contributed by atoms with Gasteiger partial charge in [-0.1, -0.05) is 12.1 Å². The topological polar surface area (TPSA) is 60.0 Å². The van der Waals surface area contributed by atoms with Crippen LogP contribution in [0.1, 0.15) is 46.5 Å². The smallest absolute Gasteiger partial charge is 0.481 e. The van der Waals surface area contributed by atoms with Gasteiger partial charge < -0.3 is 18.9 Å². The summed E-state index contributed by atoms with van der Waals surface area (Å²) in [4.78, 5) is 12.7. The largest absolute Gasteiger partial charge is 0.496 e. The molecule has 31 heavy (non-hydrogen) atoms. The molecule has 0 saturated carbocycles. The number of piperazine rings is 1. The molecule has 6 rings (SSSR count). The summed E-state index contributed by atoms with van der Waals surface area (Å²) >= 11 is 0. The minimum atomic E-state index is -2.60. The fourth-order valence-electron chi connectivity index (χ4n) is 4.34. The van der Waals surface area contributed by atoms with Gasteiger partial charge in [0.1, 0.15) is 5.82 Å². The first-order valence-corrected chi connectivity index (χ1v) is 10.7. The van der Waals surface area contributed by atoms with Gasteiger partial charge in [-0.15, -0.1) is 0 Å². The number of rotatable bonds is 5. The van der Waals surface area contributed by atoms with Gasteiger partial charge in [-0.3, -0.25) is 4.90 Å². The van der Waals surface area contributed by atoms with E-state index in [1.54, 1.807) is 6.20 Å². The number of fused-ring (bicyclic) bond motifs is 2. The van der Waals surface area contributed by atoms with E-state index >= 15 is 0 Å². The number of methoxy groups -OCH3 is 1. The zero-order valence-electron chi connectivity index (χ0n) is 23.3. The molecule has 0 aliphatic carbocycles. The Kier molecular flexibility index (Phi) is 3.76. The lowest BCUT2D eigenvalue weighted by molar-refractivity contribution is -0.00876. The first-order chi connectivity index (χ1) is 16.7. The van der Waals surface area contributed by atoms with Crippen molar-refractivity contribution >= 4 is 18.4 Å². The number of nitrogens with zero attached hydrogens (tertiary/aromatic N) is 4. The molecule has 2 aromatic heterocycles. The fourth-order valence-corrected chi connectivity index (χ4v) is 4.34. The van der Waals surface area contributed by atoms with Crippen LogP contribution in [-0.2, 0) is 15.8 Å². The summed E-state index contributed by atoms with van der Waals surface area (Å²) in [5.41, 5.74) is 0.417. The molecular weight excluding hydrogens is 391 g/mol. The summed E-state index contributed by atoms with van der Waals surface area (Å²) < 4.78 is 56.1. The van der Waals surface area contributed by atoms with Crippen molar-refractivity contribution in [2.75, 3.05) is 25.0 Å². The molecule has 6 heterocycles. The first kappa shape index (κ1) is 15.6. The molecule has 7 nitrogen and oxygen atoms in total. The highest BCUT2D eigenvalue weighted by atomic mass is 16.7. The third-order valence-corrected chi connectivity index (χ3v) is 6.91. The maximum atomic E-state index is 8.77. The second-order valence-electron chi connectivity index (χ2n) is 9.49. The summed E-state index contributed by atoms with van der Waals surface area (Å²) in [5, 5.41) is 0. The summed E-state index contributed by atoms with van der Waals surface area (Å²) in [6.45, 7) is 7.67. The second-order valence-corrected chi connectivity index (χ2v) is 9.49. The van der Waals surface area contributed by atoms with Gasteiger partial charge in [0, 0.05) is 58.3 Å². The van der Waals surface area contributed by atoms with Crippen LogP contribution in [0.5, 0.6) is 5.88 Å². The van der Waals surface area contributed by atoms with Crippen molar-refractivity contribution in [3.05, 3.63) is 42.2 Å². The Bertz CT molecular complexity index is 1090. The van der Waals surface area contributed by atoms with E-state index in [1.165, 1.54) is 18.3 Å². The van der Waals surface area contributed by atoms with Crippen molar-refractivity contribution < 1.29 is 20.9 Å². The summed E-state index contributed by atoms with van der Waals surface area (Å²) in [5.74, 6) is 0.789. The number of ether oxygens (including phenoxy) is 1. The van der Waals surface area contributed by atoms with Crippen LogP contribution in [-0.4, -0.2) is 65.4 Å². The van der Waals surface area contributed by atoms with Gasteiger partial charge in [-0.25, -0.2) is 9.97 Å². The molecule has 0 amide bonds. The van der Waals surface area contributed by atoms with Crippen LogP contribution in [0.25, 0.3) is 0 Å². The Balaban J connectivity index is 1.24. The molecule has 0 N–H and O–H groups in total. The summed E-state index contributed by atoms with van der Waals surface area (Å²) in [6.07, 6.45) is 4.06. The van der Waals surface area contributed by atoms with Crippen LogP contribution in [0.15, 0.2) is 36.7 Å². The lowest BCUT2D eigenvalue weighted by Gasteiger charge is -2.56. The van der Waals surface area contributed by atoms with Crippen molar-refractivity contribution in [1.29, 1.82) is 0 Å². The normalized spacial score (nSPS) is 29.9. The van der Waals surface area contributed by atoms with Gasteiger partial charge in [0.2, 0.25) is 5.88 Å². The van der Waals surface area contributed by atoms with Crippen molar-refractivity contribution in [1.82, 2.24) is 14.9 Å². The van der Waals surface area contributed by atoms with Gasteiger partial charge in [-0.05, 0) is 45.7 Å². The molecule has 8 heteroatoms. The van der Waals surface area contributed by atoms with Crippen molar-refractivity contribution in [3.63, 3.8) is 0 Å². The SMILES string of the molecule is [2H]C([2H])([2H])Oc1ccc(C([2H])([2H])N2C3CC2CN(c2ccc(B4OC(C)(C)C(C)(C)O4)cn2)C3)cn1. The predicted octanol–water partition coefficient (Wildman–Crippen LogP) is 2.25. The van der Waals surface area contributed by atoms with Crippen LogP contribution in [0.4, 0.5) is 5.82 Å². The monoisotopic (exact) mass is 427 g/mol. The molecular formula is C23H31BN4O3. The summed E-state index contributed by atoms with van der Waals surface area (Å²) in [7, 11) is -3.05. The van der Waals surface area contributed by atoms with E-state index < -0.39 is 31.9 Å². The van der Waals surface area contributed by atoms with Gasteiger partial charge in [0.15, 0.2) is 0 Å². The zero-order valence-corrected chi connectivity index (χ0v) is 18.3. The number of pyridine rings is 2. The van der Waals surface area contributed by atoms with Crippen LogP contribution in [0.3, 0.4) is 0 Å².